The Bertz CT molecular complexity index is 754. The minimum atomic E-state index is 0.0312. The van der Waals surface area contributed by atoms with Gasteiger partial charge in [0, 0.05) is 18.7 Å². The van der Waals surface area contributed by atoms with Crippen LogP contribution in [0.4, 0.5) is 5.82 Å². The number of aromatic nitrogens is 2. The predicted molar refractivity (Wildman–Crippen MR) is 104 cm³/mol. The lowest BCUT2D eigenvalue weighted by Crippen LogP contribution is -2.36. The van der Waals surface area contributed by atoms with Crippen LogP contribution in [0.3, 0.4) is 0 Å². The lowest BCUT2D eigenvalue weighted by molar-refractivity contribution is -0.117. The summed E-state index contributed by atoms with van der Waals surface area (Å²) in [6, 6.07) is 8.37. The summed E-state index contributed by atoms with van der Waals surface area (Å²) in [6.07, 6.45) is 2.92. The normalized spacial score (nSPS) is 16.4. The maximum atomic E-state index is 12.6. The third kappa shape index (κ3) is 4.93. The number of carbonyl (C=O) groups is 1. The van der Waals surface area contributed by atoms with Crippen molar-refractivity contribution in [2.24, 2.45) is 0 Å². The second kappa shape index (κ2) is 8.47. The Hall–Kier alpha value is -2.18. The quantitative estimate of drug-likeness (QED) is 0.893. The first-order chi connectivity index (χ1) is 12.5. The molecule has 0 atom stereocenters. The zero-order valence-corrected chi connectivity index (χ0v) is 16.0. The number of carbonyl (C=O) groups excluding carboxylic acids is 1. The molecule has 2 heterocycles. The summed E-state index contributed by atoms with van der Waals surface area (Å²) < 4.78 is 1.87. The van der Waals surface area contributed by atoms with E-state index in [4.69, 9.17) is 0 Å². The molecular weight excluding hydrogens is 326 g/mol. The number of rotatable bonds is 5. The number of amides is 1. The van der Waals surface area contributed by atoms with Gasteiger partial charge in [0.05, 0.1) is 19.3 Å². The highest BCUT2D eigenvalue weighted by molar-refractivity contribution is 5.92. The third-order valence-corrected chi connectivity index (χ3v) is 4.87. The highest BCUT2D eigenvalue weighted by atomic mass is 16.2. The lowest BCUT2D eigenvalue weighted by Gasteiger charge is -2.20. The summed E-state index contributed by atoms with van der Waals surface area (Å²) in [5.41, 5.74) is 3.39. The molecule has 0 saturated carbocycles. The number of nitrogens with one attached hydrogen (secondary N) is 1. The van der Waals surface area contributed by atoms with Gasteiger partial charge >= 0.3 is 0 Å². The molecule has 0 unspecified atom stereocenters. The van der Waals surface area contributed by atoms with Crippen LogP contribution >= 0.6 is 0 Å². The Morgan fingerprint density at radius 1 is 1.19 bits per heavy atom. The summed E-state index contributed by atoms with van der Waals surface area (Å²) >= 11 is 0. The van der Waals surface area contributed by atoms with Crippen molar-refractivity contribution < 1.29 is 4.79 Å². The Morgan fingerprint density at radius 2 is 2.04 bits per heavy atom. The molecule has 1 amide bonds. The zero-order chi connectivity index (χ0) is 18.5. The van der Waals surface area contributed by atoms with E-state index < -0.39 is 0 Å². The van der Waals surface area contributed by atoms with Gasteiger partial charge in [-0.3, -0.25) is 9.69 Å². The fourth-order valence-electron chi connectivity index (χ4n) is 3.38. The monoisotopic (exact) mass is 355 g/mol. The Labute approximate surface area is 155 Å². The third-order valence-electron chi connectivity index (χ3n) is 4.87. The molecule has 1 saturated heterocycles. The maximum absolute atomic E-state index is 12.6. The number of aryl methyl sites for hydroxylation is 2. The molecule has 140 valence electrons. The molecule has 0 bridgehead atoms. The van der Waals surface area contributed by atoms with Gasteiger partial charge < -0.3 is 10.2 Å². The second-order valence-electron chi connectivity index (χ2n) is 7.30. The van der Waals surface area contributed by atoms with Gasteiger partial charge in [0.1, 0.15) is 5.82 Å². The van der Waals surface area contributed by atoms with E-state index in [1.807, 2.05) is 17.8 Å². The molecule has 0 aliphatic carbocycles. The van der Waals surface area contributed by atoms with Crippen molar-refractivity contribution in [1.29, 1.82) is 0 Å². The van der Waals surface area contributed by atoms with Crippen LogP contribution in [0, 0.1) is 13.8 Å². The van der Waals surface area contributed by atoms with Gasteiger partial charge in [0.15, 0.2) is 0 Å². The van der Waals surface area contributed by atoms with Crippen molar-refractivity contribution >= 4 is 11.7 Å². The fourth-order valence-corrected chi connectivity index (χ4v) is 3.38. The van der Waals surface area contributed by atoms with Gasteiger partial charge in [-0.05, 0) is 46.0 Å². The second-order valence-corrected chi connectivity index (χ2v) is 7.30. The minimum absolute atomic E-state index is 0.0312. The molecule has 6 nitrogen and oxygen atoms in total. The molecule has 1 N–H and O–H groups in total. The van der Waals surface area contributed by atoms with E-state index in [9.17, 15) is 4.79 Å². The van der Waals surface area contributed by atoms with E-state index in [0.717, 1.165) is 44.0 Å². The molecule has 1 aromatic heterocycles. The van der Waals surface area contributed by atoms with Gasteiger partial charge in [-0.25, -0.2) is 4.68 Å². The summed E-state index contributed by atoms with van der Waals surface area (Å²) in [5.74, 6) is 0.826. The van der Waals surface area contributed by atoms with Crippen LogP contribution in [0.25, 0.3) is 0 Å². The number of hydrogen-bond acceptors (Lipinski definition) is 4. The van der Waals surface area contributed by atoms with Gasteiger partial charge in [-0.2, -0.15) is 5.10 Å². The number of benzene rings is 1. The zero-order valence-electron chi connectivity index (χ0n) is 16.0. The Morgan fingerprint density at radius 3 is 2.85 bits per heavy atom. The van der Waals surface area contributed by atoms with Crippen LogP contribution in [-0.4, -0.2) is 65.3 Å². The molecule has 1 aliphatic heterocycles. The van der Waals surface area contributed by atoms with Crippen LogP contribution in [0.2, 0.25) is 0 Å². The van der Waals surface area contributed by atoms with E-state index in [2.05, 4.69) is 58.5 Å². The highest BCUT2D eigenvalue weighted by Gasteiger charge is 2.17. The lowest BCUT2D eigenvalue weighted by atomic mass is 10.1. The van der Waals surface area contributed by atoms with E-state index >= 15 is 0 Å². The Balaban J connectivity index is 1.64. The van der Waals surface area contributed by atoms with Crippen molar-refractivity contribution in [1.82, 2.24) is 19.6 Å². The first-order valence-corrected chi connectivity index (χ1v) is 9.30. The maximum Gasteiger partial charge on any atom is 0.239 e. The minimum Gasteiger partial charge on any atom is -0.310 e. The molecule has 3 rings (SSSR count). The molecule has 1 fully saturated rings. The number of likely N-dealkylation sites (N-methyl/N-ethyl adjacent to an activating group) is 1. The highest BCUT2D eigenvalue weighted by Crippen LogP contribution is 2.16. The standard InChI is InChI=1S/C20H29N5O/c1-16-6-4-7-18(12-16)14-25-20(17(2)13-21-25)22-19(26)15-24-9-5-8-23(3)10-11-24/h4,6-7,12-13H,5,8-11,14-15H2,1-3H3,(H,22,26). The van der Waals surface area contributed by atoms with E-state index in [-0.39, 0.29) is 5.91 Å². The van der Waals surface area contributed by atoms with Crippen molar-refractivity contribution in [2.45, 2.75) is 26.8 Å². The van der Waals surface area contributed by atoms with Crippen molar-refractivity contribution in [2.75, 3.05) is 45.1 Å². The van der Waals surface area contributed by atoms with Crippen LogP contribution in [0.1, 0.15) is 23.1 Å². The average Bonchev–Trinajstić information content (AvgIpc) is 2.79. The van der Waals surface area contributed by atoms with E-state index in [1.54, 1.807) is 0 Å². The van der Waals surface area contributed by atoms with Gasteiger partial charge in [-0.1, -0.05) is 29.8 Å². The largest absolute Gasteiger partial charge is 0.310 e. The molecule has 1 aromatic carbocycles. The summed E-state index contributed by atoms with van der Waals surface area (Å²) in [4.78, 5) is 17.1. The predicted octanol–water partition coefficient (Wildman–Crippen LogP) is 2.12. The molecule has 1 aliphatic rings. The van der Waals surface area contributed by atoms with Gasteiger partial charge in [0.25, 0.3) is 0 Å². The summed E-state index contributed by atoms with van der Waals surface area (Å²) in [7, 11) is 2.14. The smallest absolute Gasteiger partial charge is 0.239 e. The molecule has 2 aromatic rings. The first-order valence-electron chi connectivity index (χ1n) is 9.30. The van der Waals surface area contributed by atoms with Gasteiger partial charge in [0.2, 0.25) is 5.91 Å². The van der Waals surface area contributed by atoms with Gasteiger partial charge in [-0.15, -0.1) is 0 Å². The first kappa shape index (κ1) is 18.6. The molecule has 0 spiro atoms. The van der Waals surface area contributed by atoms with Crippen molar-refractivity contribution in [3.63, 3.8) is 0 Å². The number of hydrogen-bond donors (Lipinski definition) is 1. The van der Waals surface area contributed by atoms with Crippen LogP contribution in [-0.2, 0) is 11.3 Å². The van der Waals surface area contributed by atoms with Crippen molar-refractivity contribution in [3.05, 3.63) is 47.2 Å². The summed E-state index contributed by atoms with van der Waals surface area (Å²) in [6.45, 7) is 9.17. The Kier molecular flexibility index (Phi) is 6.06. The number of nitrogens with zero attached hydrogens (tertiary/aromatic N) is 4. The SMILES string of the molecule is Cc1cccc(Cn2ncc(C)c2NC(=O)CN2CCCN(C)CC2)c1. The molecule has 26 heavy (non-hydrogen) atoms. The molecular formula is C20H29N5O. The molecule has 0 radical (unpaired) electrons. The van der Waals surface area contributed by atoms with E-state index in [1.165, 1.54) is 11.1 Å². The summed E-state index contributed by atoms with van der Waals surface area (Å²) in [5, 5.41) is 7.53. The topological polar surface area (TPSA) is 53.4 Å². The number of anilines is 1. The van der Waals surface area contributed by atoms with Crippen LogP contribution in [0.5, 0.6) is 0 Å². The fraction of sp³-hybridized carbons (Fsp3) is 0.500. The average molecular weight is 355 g/mol. The van der Waals surface area contributed by atoms with Crippen LogP contribution in [0.15, 0.2) is 30.5 Å². The van der Waals surface area contributed by atoms with E-state index in [0.29, 0.717) is 13.1 Å². The molecule has 6 heteroatoms. The van der Waals surface area contributed by atoms with Crippen molar-refractivity contribution in [3.8, 4) is 0 Å². The van der Waals surface area contributed by atoms with Crippen LogP contribution < -0.4 is 5.32 Å².